The van der Waals surface area contributed by atoms with E-state index in [0.29, 0.717) is 6.54 Å². The number of benzene rings is 1. The fourth-order valence-corrected chi connectivity index (χ4v) is 4.49. The van der Waals surface area contributed by atoms with Crippen LogP contribution in [0.1, 0.15) is 37.7 Å². The molecule has 1 aromatic rings. The van der Waals surface area contributed by atoms with Gasteiger partial charge in [0.1, 0.15) is 0 Å². The summed E-state index contributed by atoms with van der Waals surface area (Å²) in [4.78, 5) is 2.59. The first-order valence-corrected chi connectivity index (χ1v) is 8.80. The van der Waals surface area contributed by atoms with Crippen molar-refractivity contribution in [3.8, 4) is 0 Å². The van der Waals surface area contributed by atoms with Crippen LogP contribution in [0, 0.1) is 11.8 Å². The minimum Gasteiger partial charge on any atom is -0.371 e. The van der Waals surface area contributed by atoms with Crippen LogP contribution in [0.25, 0.3) is 0 Å². The van der Waals surface area contributed by atoms with Gasteiger partial charge in [0.2, 0.25) is 0 Å². The molecular weight excluding hydrogens is 312 g/mol. The van der Waals surface area contributed by atoms with Crippen molar-refractivity contribution >= 4 is 21.6 Å². The van der Waals surface area contributed by atoms with Gasteiger partial charge < -0.3 is 10.6 Å². The normalized spacial score (nSPS) is 26.4. The van der Waals surface area contributed by atoms with Crippen molar-refractivity contribution in [1.29, 1.82) is 0 Å². The summed E-state index contributed by atoms with van der Waals surface area (Å²) in [6, 6.07) is 6.80. The van der Waals surface area contributed by atoms with Crippen molar-refractivity contribution in [3.05, 3.63) is 28.2 Å². The largest absolute Gasteiger partial charge is 0.371 e. The lowest BCUT2D eigenvalue weighted by atomic mass is 9.75. The van der Waals surface area contributed by atoms with Crippen LogP contribution < -0.4 is 10.6 Å². The van der Waals surface area contributed by atoms with Crippen LogP contribution in [0.5, 0.6) is 0 Å². The zero-order chi connectivity index (χ0) is 13.9. The number of rotatable bonds is 3. The van der Waals surface area contributed by atoms with E-state index in [1.54, 1.807) is 0 Å². The van der Waals surface area contributed by atoms with Crippen LogP contribution in [0.4, 0.5) is 5.69 Å². The number of hydrogen-bond donors (Lipinski definition) is 1. The molecule has 1 aliphatic heterocycles. The highest BCUT2D eigenvalue weighted by atomic mass is 79.9. The Morgan fingerprint density at radius 2 is 1.95 bits per heavy atom. The number of anilines is 1. The highest BCUT2D eigenvalue weighted by molar-refractivity contribution is 9.10. The Labute approximate surface area is 130 Å². The maximum Gasteiger partial charge on any atom is 0.0377 e. The van der Waals surface area contributed by atoms with E-state index >= 15 is 0 Å². The summed E-state index contributed by atoms with van der Waals surface area (Å²) in [5, 5.41) is 0. The van der Waals surface area contributed by atoms with Crippen LogP contribution in [-0.4, -0.2) is 19.6 Å². The van der Waals surface area contributed by atoms with Crippen molar-refractivity contribution in [2.24, 2.45) is 17.6 Å². The smallest absolute Gasteiger partial charge is 0.0377 e. The van der Waals surface area contributed by atoms with Crippen LogP contribution in [0.2, 0.25) is 0 Å². The molecule has 0 amide bonds. The second-order valence-corrected chi connectivity index (χ2v) is 7.21. The minimum atomic E-state index is 0.714. The van der Waals surface area contributed by atoms with E-state index in [1.165, 1.54) is 60.9 Å². The Kier molecular flexibility index (Phi) is 4.67. The first kappa shape index (κ1) is 14.4. The van der Waals surface area contributed by atoms with E-state index in [9.17, 15) is 0 Å². The van der Waals surface area contributed by atoms with Gasteiger partial charge >= 0.3 is 0 Å². The van der Waals surface area contributed by atoms with E-state index in [4.69, 9.17) is 5.73 Å². The van der Waals surface area contributed by atoms with Gasteiger partial charge in [0.15, 0.2) is 0 Å². The molecular formula is C17H25BrN2. The number of halogens is 1. The first-order valence-electron chi connectivity index (χ1n) is 8.01. The first-order chi connectivity index (χ1) is 9.78. The molecule has 20 heavy (non-hydrogen) atoms. The molecule has 3 heteroatoms. The quantitative estimate of drug-likeness (QED) is 0.904. The van der Waals surface area contributed by atoms with Crippen molar-refractivity contribution in [2.45, 2.75) is 38.5 Å². The van der Waals surface area contributed by atoms with Gasteiger partial charge in [-0.2, -0.15) is 0 Å². The van der Waals surface area contributed by atoms with Crippen molar-refractivity contribution in [2.75, 3.05) is 24.5 Å². The second kappa shape index (κ2) is 6.48. The van der Waals surface area contributed by atoms with Gasteiger partial charge in [-0.25, -0.2) is 0 Å². The van der Waals surface area contributed by atoms with E-state index in [1.807, 2.05) is 0 Å². The summed E-state index contributed by atoms with van der Waals surface area (Å²) in [6.45, 7) is 3.20. The van der Waals surface area contributed by atoms with Crippen LogP contribution in [0.15, 0.2) is 22.7 Å². The topological polar surface area (TPSA) is 29.3 Å². The average molecular weight is 337 g/mol. The number of fused-ring (bicyclic) bond motifs is 1. The number of nitrogens with two attached hydrogens (primary N) is 1. The zero-order valence-corrected chi connectivity index (χ0v) is 13.7. The molecule has 2 atom stereocenters. The lowest BCUT2D eigenvalue weighted by molar-refractivity contribution is 0.202. The predicted octanol–water partition coefficient (Wildman–Crippen LogP) is 3.97. The standard InChI is InChI=1S/C17H25BrN2/c18-17-11-16(6-5-14(17)7-9-19)20-10-8-13-3-1-2-4-15(13)12-20/h5-6,11,13,15H,1-4,7-10,12,19H2. The van der Waals surface area contributed by atoms with Gasteiger partial charge in [-0.1, -0.05) is 41.3 Å². The molecule has 2 unspecified atom stereocenters. The molecule has 3 rings (SSSR count). The molecule has 1 saturated carbocycles. The Balaban J connectivity index is 1.71. The molecule has 0 bridgehead atoms. The van der Waals surface area contributed by atoms with Gasteiger partial charge in [0, 0.05) is 23.2 Å². The fraction of sp³-hybridized carbons (Fsp3) is 0.647. The molecule has 1 heterocycles. The Morgan fingerprint density at radius 3 is 2.70 bits per heavy atom. The summed E-state index contributed by atoms with van der Waals surface area (Å²) in [5.74, 6) is 1.93. The highest BCUT2D eigenvalue weighted by Gasteiger charge is 2.31. The fourth-order valence-electron chi connectivity index (χ4n) is 3.93. The Morgan fingerprint density at radius 1 is 1.15 bits per heavy atom. The third kappa shape index (κ3) is 3.04. The molecule has 2 aliphatic rings. The van der Waals surface area contributed by atoms with E-state index in [0.717, 1.165) is 18.3 Å². The van der Waals surface area contributed by atoms with Gasteiger partial charge in [-0.05, 0) is 55.3 Å². The molecule has 2 fully saturated rings. The molecule has 0 radical (unpaired) electrons. The van der Waals surface area contributed by atoms with E-state index in [-0.39, 0.29) is 0 Å². The maximum atomic E-state index is 5.65. The Bertz CT molecular complexity index is 460. The van der Waals surface area contributed by atoms with Crippen molar-refractivity contribution in [1.82, 2.24) is 0 Å². The number of nitrogens with zero attached hydrogens (tertiary/aromatic N) is 1. The predicted molar refractivity (Wildman–Crippen MR) is 89.2 cm³/mol. The van der Waals surface area contributed by atoms with Gasteiger partial charge in [0.05, 0.1) is 0 Å². The highest BCUT2D eigenvalue weighted by Crippen LogP contribution is 2.38. The summed E-state index contributed by atoms with van der Waals surface area (Å²) in [7, 11) is 0. The average Bonchev–Trinajstić information content (AvgIpc) is 2.49. The van der Waals surface area contributed by atoms with E-state index in [2.05, 4.69) is 39.0 Å². The van der Waals surface area contributed by atoms with Crippen molar-refractivity contribution in [3.63, 3.8) is 0 Å². The maximum absolute atomic E-state index is 5.65. The SMILES string of the molecule is NCCc1ccc(N2CCC3CCCCC3C2)cc1Br. The summed E-state index contributed by atoms with van der Waals surface area (Å²) < 4.78 is 1.21. The summed E-state index contributed by atoms with van der Waals surface area (Å²) in [6.07, 6.45) is 8.14. The summed E-state index contributed by atoms with van der Waals surface area (Å²) >= 11 is 3.70. The van der Waals surface area contributed by atoms with Gasteiger partial charge in [0.25, 0.3) is 0 Å². The molecule has 0 aromatic heterocycles. The van der Waals surface area contributed by atoms with Crippen LogP contribution in [0.3, 0.4) is 0 Å². The van der Waals surface area contributed by atoms with Crippen LogP contribution >= 0.6 is 15.9 Å². The Hall–Kier alpha value is -0.540. The third-order valence-electron chi connectivity index (χ3n) is 5.11. The zero-order valence-electron chi connectivity index (χ0n) is 12.2. The lowest BCUT2D eigenvalue weighted by Gasteiger charge is -2.42. The number of hydrogen-bond acceptors (Lipinski definition) is 2. The monoisotopic (exact) mass is 336 g/mol. The molecule has 1 saturated heterocycles. The molecule has 1 aliphatic carbocycles. The minimum absolute atomic E-state index is 0.714. The van der Waals surface area contributed by atoms with Crippen LogP contribution in [-0.2, 0) is 6.42 Å². The van der Waals surface area contributed by atoms with Gasteiger partial charge in [-0.15, -0.1) is 0 Å². The molecule has 2 N–H and O–H groups in total. The van der Waals surface area contributed by atoms with Gasteiger partial charge in [-0.3, -0.25) is 0 Å². The molecule has 2 nitrogen and oxygen atoms in total. The lowest BCUT2D eigenvalue weighted by Crippen LogP contribution is -2.41. The van der Waals surface area contributed by atoms with E-state index < -0.39 is 0 Å². The summed E-state index contributed by atoms with van der Waals surface area (Å²) in [5.41, 5.74) is 8.35. The van der Waals surface area contributed by atoms with Crippen molar-refractivity contribution < 1.29 is 0 Å². The second-order valence-electron chi connectivity index (χ2n) is 6.35. The number of piperidine rings is 1. The molecule has 1 aromatic carbocycles. The third-order valence-corrected chi connectivity index (χ3v) is 5.84. The molecule has 110 valence electrons. The molecule has 0 spiro atoms.